The Morgan fingerprint density at radius 3 is 2.38 bits per heavy atom. The van der Waals surface area contributed by atoms with Crippen LogP contribution in [0.25, 0.3) is 33.6 Å². The van der Waals surface area contributed by atoms with Crippen molar-refractivity contribution >= 4 is 28.4 Å². The van der Waals surface area contributed by atoms with Gasteiger partial charge in [-0.05, 0) is 30.3 Å². The monoisotopic (exact) mass is 566 g/mol. The number of fused-ring (bicyclic) bond motifs is 1. The molecule has 5 heterocycles. The normalized spacial score (nSPS) is 16.3. The van der Waals surface area contributed by atoms with Crippen molar-refractivity contribution in [1.82, 2.24) is 29.6 Å². The van der Waals surface area contributed by atoms with Crippen LogP contribution in [-0.4, -0.2) is 88.8 Å². The smallest absolute Gasteiger partial charge is 0.228 e. The van der Waals surface area contributed by atoms with E-state index in [4.69, 9.17) is 29.0 Å². The topological polar surface area (TPSA) is 107 Å². The van der Waals surface area contributed by atoms with Crippen molar-refractivity contribution in [2.24, 2.45) is 7.05 Å². The molecule has 0 radical (unpaired) electrons. The standard InChI is InChI=1S/C31H34N8O3/c1-37-28-20-23(4-7-25(28)26(36-37)8-10-38-11-16-40-17-12-38)27-21-29(35-31(34-27)39-13-18-41-19-14-39)33-24-5-2-22(3-6-24)30-32-9-15-42-30/h2-7,9,15,20-21H,8,10-14,16-19H2,1H3,(H,33,34,35). The summed E-state index contributed by atoms with van der Waals surface area (Å²) in [5.41, 5.74) is 5.91. The molecular formula is C31H34N8O3. The zero-order chi connectivity index (χ0) is 28.3. The van der Waals surface area contributed by atoms with Crippen molar-refractivity contribution in [3.05, 3.63) is 66.7 Å². The Morgan fingerprint density at radius 1 is 0.857 bits per heavy atom. The van der Waals surface area contributed by atoms with Crippen molar-refractivity contribution < 1.29 is 13.9 Å². The van der Waals surface area contributed by atoms with Gasteiger partial charge < -0.3 is 24.1 Å². The maximum Gasteiger partial charge on any atom is 0.228 e. The van der Waals surface area contributed by atoms with Crippen LogP contribution in [0, 0.1) is 0 Å². The van der Waals surface area contributed by atoms with Gasteiger partial charge in [0.15, 0.2) is 0 Å². The van der Waals surface area contributed by atoms with E-state index in [0.717, 1.165) is 91.9 Å². The van der Waals surface area contributed by atoms with Gasteiger partial charge in [0.1, 0.15) is 12.1 Å². The fraction of sp³-hybridized carbons (Fsp3) is 0.355. The van der Waals surface area contributed by atoms with E-state index in [0.29, 0.717) is 25.1 Å². The predicted octanol–water partition coefficient (Wildman–Crippen LogP) is 4.14. The molecule has 2 aliphatic rings. The van der Waals surface area contributed by atoms with E-state index in [9.17, 15) is 0 Å². The molecule has 0 amide bonds. The maximum atomic E-state index is 5.58. The van der Waals surface area contributed by atoms with Gasteiger partial charge in [0.25, 0.3) is 0 Å². The van der Waals surface area contributed by atoms with Crippen molar-refractivity contribution in [2.45, 2.75) is 6.42 Å². The van der Waals surface area contributed by atoms with Gasteiger partial charge in [-0.25, -0.2) is 9.97 Å². The minimum absolute atomic E-state index is 0.593. The van der Waals surface area contributed by atoms with Crippen LogP contribution >= 0.6 is 0 Å². The van der Waals surface area contributed by atoms with Crippen LogP contribution in [0.1, 0.15) is 5.69 Å². The zero-order valence-electron chi connectivity index (χ0n) is 23.7. The van der Waals surface area contributed by atoms with Crippen LogP contribution in [0.4, 0.5) is 17.5 Å². The molecule has 2 saturated heterocycles. The molecule has 0 spiro atoms. The molecule has 1 N–H and O–H groups in total. The number of nitrogens with zero attached hydrogens (tertiary/aromatic N) is 7. The van der Waals surface area contributed by atoms with Gasteiger partial charge in [0.05, 0.1) is 49.5 Å². The Bertz CT molecular complexity index is 1640. The summed E-state index contributed by atoms with van der Waals surface area (Å²) in [5, 5.41) is 9.54. The van der Waals surface area contributed by atoms with Crippen LogP contribution < -0.4 is 10.2 Å². The summed E-state index contributed by atoms with van der Waals surface area (Å²) < 4.78 is 18.5. The molecule has 2 aromatic carbocycles. The first-order chi connectivity index (χ1) is 20.7. The fourth-order valence-electron chi connectivity index (χ4n) is 5.53. The molecule has 0 saturated carbocycles. The molecule has 0 unspecified atom stereocenters. The SMILES string of the molecule is Cn1nc(CCN2CCOCC2)c2ccc(-c3cc(Nc4ccc(-c5ncco5)cc4)nc(N4CCOCC4)n3)cc21. The van der Waals surface area contributed by atoms with Crippen molar-refractivity contribution in [2.75, 3.05) is 69.4 Å². The summed E-state index contributed by atoms with van der Waals surface area (Å²) in [4.78, 5) is 18.8. The summed E-state index contributed by atoms with van der Waals surface area (Å²) in [5.74, 6) is 2.00. The minimum atomic E-state index is 0.593. The van der Waals surface area contributed by atoms with Crippen molar-refractivity contribution in [1.29, 1.82) is 0 Å². The molecule has 216 valence electrons. The number of anilines is 3. The van der Waals surface area contributed by atoms with Gasteiger partial charge in [-0.3, -0.25) is 9.58 Å². The molecule has 11 heteroatoms. The van der Waals surface area contributed by atoms with E-state index in [1.165, 1.54) is 5.39 Å². The molecule has 5 aromatic rings. The number of rotatable bonds is 8. The van der Waals surface area contributed by atoms with E-state index in [1.54, 1.807) is 12.5 Å². The third kappa shape index (κ3) is 5.71. The Hall–Kier alpha value is -4.32. The Morgan fingerprint density at radius 2 is 1.62 bits per heavy atom. The number of hydrogen-bond acceptors (Lipinski definition) is 10. The highest BCUT2D eigenvalue weighted by Crippen LogP contribution is 2.30. The first kappa shape index (κ1) is 26.6. The zero-order valence-corrected chi connectivity index (χ0v) is 23.7. The minimum Gasteiger partial charge on any atom is -0.445 e. The number of ether oxygens (including phenoxy) is 2. The second-order valence-electron chi connectivity index (χ2n) is 10.6. The molecular weight excluding hydrogens is 532 g/mol. The van der Waals surface area contributed by atoms with Gasteiger partial charge >= 0.3 is 0 Å². The number of hydrogen-bond donors (Lipinski definition) is 1. The number of aryl methyl sites for hydroxylation is 1. The number of aromatic nitrogens is 5. The van der Waals surface area contributed by atoms with Crippen molar-refractivity contribution in [3.8, 4) is 22.7 Å². The number of nitrogens with one attached hydrogen (secondary N) is 1. The summed E-state index contributed by atoms with van der Waals surface area (Å²) in [6, 6.07) is 16.5. The Labute approximate surface area is 244 Å². The summed E-state index contributed by atoms with van der Waals surface area (Å²) >= 11 is 0. The molecule has 0 aliphatic carbocycles. The molecule has 7 rings (SSSR count). The fourth-order valence-corrected chi connectivity index (χ4v) is 5.53. The van der Waals surface area contributed by atoms with E-state index in [-0.39, 0.29) is 0 Å². The molecule has 0 atom stereocenters. The summed E-state index contributed by atoms with van der Waals surface area (Å²) in [6.45, 7) is 7.39. The quantitative estimate of drug-likeness (QED) is 0.295. The molecule has 11 nitrogen and oxygen atoms in total. The lowest BCUT2D eigenvalue weighted by molar-refractivity contribution is 0.0383. The highest BCUT2D eigenvalue weighted by atomic mass is 16.5. The van der Waals surface area contributed by atoms with E-state index in [1.807, 2.05) is 42.1 Å². The van der Waals surface area contributed by atoms with Crippen LogP contribution in [0.5, 0.6) is 0 Å². The number of morpholine rings is 2. The third-order valence-electron chi connectivity index (χ3n) is 7.84. The predicted molar refractivity (Wildman–Crippen MR) is 161 cm³/mol. The molecule has 0 bridgehead atoms. The van der Waals surface area contributed by atoms with E-state index >= 15 is 0 Å². The highest BCUT2D eigenvalue weighted by molar-refractivity contribution is 5.87. The second kappa shape index (κ2) is 11.9. The summed E-state index contributed by atoms with van der Waals surface area (Å²) in [7, 11) is 2.01. The largest absolute Gasteiger partial charge is 0.445 e. The maximum absolute atomic E-state index is 5.58. The summed E-state index contributed by atoms with van der Waals surface area (Å²) in [6.07, 6.45) is 4.13. The van der Waals surface area contributed by atoms with Crippen molar-refractivity contribution in [3.63, 3.8) is 0 Å². The van der Waals surface area contributed by atoms with Crippen LogP contribution in [0.3, 0.4) is 0 Å². The Kier molecular flexibility index (Phi) is 7.52. The van der Waals surface area contributed by atoms with Gasteiger partial charge in [0.2, 0.25) is 11.8 Å². The first-order valence-corrected chi connectivity index (χ1v) is 14.4. The van der Waals surface area contributed by atoms with Gasteiger partial charge in [-0.1, -0.05) is 12.1 Å². The molecule has 42 heavy (non-hydrogen) atoms. The van der Waals surface area contributed by atoms with Crippen LogP contribution in [0.2, 0.25) is 0 Å². The molecule has 2 aliphatic heterocycles. The van der Waals surface area contributed by atoms with Gasteiger partial charge in [0, 0.05) is 74.5 Å². The lowest BCUT2D eigenvalue weighted by Gasteiger charge is -2.27. The average molecular weight is 567 g/mol. The van der Waals surface area contributed by atoms with E-state index in [2.05, 4.69) is 38.3 Å². The second-order valence-corrected chi connectivity index (χ2v) is 10.6. The number of oxazole rings is 1. The van der Waals surface area contributed by atoms with E-state index < -0.39 is 0 Å². The van der Waals surface area contributed by atoms with Crippen LogP contribution in [0.15, 0.2) is 65.4 Å². The molecule has 3 aromatic heterocycles. The average Bonchev–Trinajstić information content (AvgIpc) is 3.69. The lowest BCUT2D eigenvalue weighted by Crippen LogP contribution is -2.37. The highest BCUT2D eigenvalue weighted by Gasteiger charge is 2.18. The van der Waals surface area contributed by atoms with Gasteiger partial charge in [-0.2, -0.15) is 10.1 Å². The number of benzene rings is 2. The lowest BCUT2D eigenvalue weighted by atomic mass is 10.1. The Balaban J connectivity index is 1.18. The first-order valence-electron chi connectivity index (χ1n) is 14.4. The molecule has 2 fully saturated rings. The third-order valence-corrected chi connectivity index (χ3v) is 7.84. The van der Waals surface area contributed by atoms with Crippen LogP contribution in [-0.2, 0) is 22.9 Å². The van der Waals surface area contributed by atoms with Gasteiger partial charge in [-0.15, -0.1) is 0 Å².